The van der Waals surface area contributed by atoms with E-state index in [-0.39, 0.29) is 0 Å². The van der Waals surface area contributed by atoms with Crippen LogP contribution in [0.25, 0.3) is 11.4 Å². The van der Waals surface area contributed by atoms with Crippen LogP contribution in [0.2, 0.25) is 0 Å². The standard InChI is InChI=1S/C24H29N5O2/c1-4-18-14-23(28-24(27-18)17-7-9-25-10-8-17)29-11-5-6-19(16-29)26-20-12-21(30-2)15-22(13-20)31-3/h7-10,12-15,19,26H,4-6,11,16H2,1-3H3. The van der Waals surface area contributed by atoms with Crippen LogP contribution in [0, 0.1) is 0 Å². The van der Waals surface area contributed by atoms with Gasteiger partial charge in [0.05, 0.1) is 14.2 Å². The Morgan fingerprint density at radius 2 is 1.77 bits per heavy atom. The number of ether oxygens (including phenoxy) is 2. The zero-order valence-electron chi connectivity index (χ0n) is 18.3. The molecule has 1 fully saturated rings. The highest BCUT2D eigenvalue weighted by atomic mass is 16.5. The van der Waals surface area contributed by atoms with Gasteiger partial charge in [0.1, 0.15) is 17.3 Å². The fourth-order valence-electron chi connectivity index (χ4n) is 3.89. The highest BCUT2D eigenvalue weighted by Crippen LogP contribution is 2.28. The van der Waals surface area contributed by atoms with Crippen molar-refractivity contribution >= 4 is 11.5 Å². The zero-order chi connectivity index (χ0) is 21.6. The smallest absolute Gasteiger partial charge is 0.161 e. The molecule has 7 heteroatoms. The third kappa shape index (κ3) is 5.05. The maximum atomic E-state index is 5.41. The number of hydrogen-bond donors (Lipinski definition) is 1. The molecular formula is C24H29N5O2. The number of pyridine rings is 1. The van der Waals surface area contributed by atoms with Crippen molar-refractivity contribution in [1.29, 1.82) is 0 Å². The number of hydrogen-bond acceptors (Lipinski definition) is 7. The van der Waals surface area contributed by atoms with Crippen LogP contribution in [0.5, 0.6) is 11.5 Å². The number of aryl methyl sites for hydroxylation is 1. The first-order valence-electron chi connectivity index (χ1n) is 10.7. The van der Waals surface area contributed by atoms with Crippen LogP contribution in [0.15, 0.2) is 48.8 Å². The lowest BCUT2D eigenvalue weighted by molar-refractivity contribution is 0.394. The Hall–Kier alpha value is -3.35. The Balaban J connectivity index is 1.55. The minimum Gasteiger partial charge on any atom is -0.497 e. The summed E-state index contributed by atoms with van der Waals surface area (Å²) in [5.41, 5.74) is 3.03. The van der Waals surface area contributed by atoms with Gasteiger partial charge in [-0.15, -0.1) is 0 Å². The summed E-state index contributed by atoms with van der Waals surface area (Å²) in [6.45, 7) is 3.98. The Morgan fingerprint density at radius 3 is 2.45 bits per heavy atom. The van der Waals surface area contributed by atoms with Gasteiger partial charge in [0.25, 0.3) is 0 Å². The predicted octanol–water partition coefficient (Wildman–Crippen LogP) is 4.20. The Bertz CT molecular complexity index is 990. The van der Waals surface area contributed by atoms with E-state index in [9.17, 15) is 0 Å². The van der Waals surface area contributed by atoms with E-state index >= 15 is 0 Å². The number of methoxy groups -OCH3 is 2. The van der Waals surface area contributed by atoms with Gasteiger partial charge in [-0.1, -0.05) is 6.92 Å². The van der Waals surface area contributed by atoms with E-state index in [1.807, 2.05) is 30.3 Å². The van der Waals surface area contributed by atoms with Crippen molar-refractivity contribution in [2.45, 2.75) is 32.2 Å². The topological polar surface area (TPSA) is 72.4 Å². The lowest BCUT2D eigenvalue weighted by Crippen LogP contribution is -2.42. The predicted molar refractivity (Wildman–Crippen MR) is 123 cm³/mol. The number of nitrogens with one attached hydrogen (secondary N) is 1. The van der Waals surface area contributed by atoms with Crippen molar-refractivity contribution in [3.63, 3.8) is 0 Å². The normalized spacial score (nSPS) is 16.1. The van der Waals surface area contributed by atoms with Crippen LogP contribution >= 0.6 is 0 Å². The molecule has 0 saturated carbocycles. The van der Waals surface area contributed by atoms with E-state index in [1.165, 1.54) is 0 Å². The lowest BCUT2D eigenvalue weighted by Gasteiger charge is -2.35. The number of benzene rings is 1. The third-order valence-electron chi connectivity index (χ3n) is 5.53. The van der Waals surface area contributed by atoms with Gasteiger partial charge < -0.3 is 19.7 Å². The van der Waals surface area contributed by atoms with Crippen molar-refractivity contribution < 1.29 is 9.47 Å². The maximum absolute atomic E-state index is 5.41. The monoisotopic (exact) mass is 419 g/mol. The number of aromatic nitrogens is 3. The van der Waals surface area contributed by atoms with E-state index < -0.39 is 0 Å². The van der Waals surface area contributed by atoms with E-state index in [4.69, 9.17) is 19.4 Å². The van der Waals surface area contributed by atoms with Crippen LogP contribution < -0.4 is 19.7 Å². The zero-order valence-corrected chi connectivity index (χ0v) is 18.3. The minimum atomic E-state index is 0.301. The first kappa shape index (κ1) is 20.9. The molecule has 1 atom stereocenters. The Morgan fingerprint density at radius 1 is 1.03 bits per heavy atom. The van der Waals surface area contributed by atoms with E-state index in [2.05, 4.69) is 28.2 Å². The summed E-state index contributed by atoms with van der Waals surface area (Å²) in [6, 6.07) is 12.2. The molecule has 162 valence electrons. The lowest BCUT2D eigenvalue weighted by atomic mass is 10.0. The van der Waals surface area contributed by atoms with Gasteiger partial charge >= 0.3 is 0 Å². The van der Waals surface area contributed by atoms with Crippen molar-refractivity contribution in [2.75, 3.05) is 37.5 Å². The quantitative estimate of drug-likeness (QED) is 0.615. The highest BCUT2D eigenvalue weighted by molar-refractivity contribution is 5.58. The summed E-state index contributed by atoms with van der Waals surface area (Å²) < 4.78 is 10.8. The highest BCUT2D eigenvalue weighted by Gasteiger charge is 2.22. The summed E-state index contributed by atoms with van der Waals surface area (Å²) in [4.78, 5) is 16.1. The second-order valence-electron chi connectivity index (χ2n) is 7.66. The van der Waals surface area contributed by atoms with Gasteiger partial charge in [-0.2, -0.15) is 0 Å². The summed E-state index contributed by atoms with van der Waals surface area (Å²) in [5.74, 6) is 3.29. The molecule has 7 nitrogen and oxygen atoms in total. The molecular weight excluding hydrogens is 390 g/mol. The first-order valence-corrected chi connectivity index (χ1v) is 10.7. The second kappa shape index (κ2) is 9.64. The van der Waals surface area contributed by atoms with E-state index in [0.717, 1.165) is 72.4 Å². The van der Waals surface area contributed by atoms with Crippen LogP contribution in [0.4, 0.5) is 11.5 Å². The molecule has 1 unspecified atom stereocenters. The molecule has 0 amide bonds. The van der Waals surface area contributed by atoms with Crippen molar-refractivity contribution in [3.05, 3.63) is 54.5 Å². The second-order valence-corrected chi connectivity index (χ2v) is 7.66. The van der Waals surface area contributed by atoms with Gasteiger partial charge in [-0.3, -0.25) is 4.98 Å². The summed E-state index contributed by atoms with van der Waals surface area (Å²) in [5, 5.41) is 3.65. The largest absolute Gasteiger partial charge is 0.497 e. The Labute approximate surface area is 183 Å². The Kier molecular flexibility index (Phi) is 6.50. The molecule has 1 saturated heterocycles. The van der Waals surface area contributed by atoms with Gasteiger partial charge in [-0.05, 0) is 31.4 Å². The van der Waals surface area contributed by atoms with Gasteiger partial charge in [0.15, 0.2) is 5.82 Å². The van der Waals surface area contributed by atoms with Crippen molar-refractivity contribution in [1.82, 2.24) is 15.0 Å². The fourth-order valence-corrected chi connectivity index (χ4v) is 3.89. The van der Waals surface area contributed by atoms with Gasteiger partial charge in [0, 0.05) is 72.7 Å². The van der Waals surface area contributed by atoms with E-state index in [1.54, 1.807) is 26.6 Å². The summed E-state index contributed by atoms with van der Waals surface area (Å²) in [6.07, 6.45) is 6.61. The molecule has 3 heterocycles. The first-order chi connectivity index (χ1) is 15.2. The molecule has 3 aromatic rings. The maximum Gasteiger partial charge on any atom is 0.161 e. The molecule has 1 aliphatic heterocycles. The molecule has 1 aliphatic rings. The van der Waals surface area contributed by atoms with Gasteiger partial charge in [0.2, 0.25) is 0 Å². The molecule has 2 aromatic heterocycles. The number of rotatable bonds is 7. The molecule has 0 radical (unpaired) electrons. The van der Waals surface area contributed by atoms with E-state index in [0.29, 0.717) is 6.04 Å². The van der Waals surface area contributed by atoms with Crippen LogP contribution in [-0.4, -0.2) is 48.3 Å². The molecule has 31 heavy (non-hydrogen) atoms. The van der Waals surface area contributed by atoms with Crippen LogP contribution in [0.1, 0.15) is 25.5 Å². The molecule has 0 spiro atoms. The summed E-state index contributed by atoms with van der Waals surface area (Å²) >= 11 is 0. The average Bonchev–Trinajstić information content (AvgIpc) is 2.84. The SMILES string of the molecule is CCc1cc(N2CCCC(Nc3cc(OC)cc(OC)c3)C2)nc(-c2ccncc2)n1. The summed E-state index contributed by atoms with van der Waals surface area (Å²) in [7, 11) is 3.34. The molecule has 1 N–H and O–H groups in total. The number of nitrogens with zero attached hydrogens (tertiary/aromatic N) is 4. The molecule has 0 bridgehead atoms. The van der Waals surface area contributed by atoms with Crippen molar-refractivity contribution in [2.24, 2.45) is 0 Å². The third-order valence-corrected chi connectivity index (χ3v) is 5.53. The molecule has 4 rings (SSSR count). The number of anilines is 2. The van der Waals surface area contributed by atoms with Crippen LogP contribution in [-0.2, 0) is 6.42 Å². The fraction of sp³-hybridized carbons (Fsp3) is 0.375. The van der Waals surface area contributed by atoms with Gasteiger partial charge in [-0.25, -0.2) is 9.97 Å². The average molecular weight is 420 g/mol. The molecule has 1 aromatic carbocycles. The van der Waals surface area contributed by atoms with Crippen LogP contribution in [0.3, 0.4) is 0 Å². The number of piperidine rings is 1. The minimum absolute atomic E-state index is 0.301. The molecule has 0 aliphatic carbocycles. The van der Waals surface area contributed by atoms with Crippen molar-refractivity contribution in [3.8, 4) is 22.9 Å².